The quantitative estimate of drug-likeness (QED) is 0.0966. The number of hydrogen-bond acceptors (Lipinski definition) is 6. The fourth-order valence-electron chi connectivity index (χ4n) is 7.49. The highest BCUT2D eigenvalue weighted by Crippen LogP contribution is 2.38. The molecular weight excluding hydrogens is 667 g/mol. The molecule has 6 aromatic heterocycles. The second kappa shape index (κ2) is 11.2. The summed E-state index contributed by atoms with van der Waals surface area (Å²) >= 11 is 6.12. The molecule has 1 aliphatic rings. The van der Waals surface area contributed by atoms with E-state index in [0.29, 0.717) is 5.15 Å². The van der Waals surface area contributed by atoms with Crippen LogP contribution in [-0.4, -0.2) is 47.1 Å². The summed E-state index contributed by atoms with van der Waals surface area (Å²) in [5.74, 6) is 0. The van der Waals surface area contributed by atoms with Crippen LogP contribution in [0.3, 0.4) is 0 Å². The summed E-state index contributed by atoms with van der Waals surface area (Å²) in [7, 11) is -0.504. The first-order valence-corrected chi connectivity index (χ1v) is 17.7. The van der Waals surface area contributed by atoms with E-state index in [4.69, 9.17) is 35.9 Å². The maximum absolute atomic E-state index is 6.25. The minimum Gasteiger partial charge on any atom is -0.398 e. The highest BCUT2D eigenvalue weighted by Gasteiger charge is 2.52. The summed E-state index contributed by atoms with van der Waals surface area (Å²) in [5, 5.41) is 7.00. The van der Waals surface area contributed by atoms with Crippen molar-refractivity contribution < 1.29 is 9.31 Å². The van der Waals surface area contributed by atoms with Crippen molar-refractivity contribution in [1.29, 1.82) is 0 Å². The van der Waals surface area contributed by atoms with Gasteiger partial charge >= 0.3 is 7.12 Å². The van der Waals surface area contributed by atoms with Crippen LogP contribution in [0.15, 0.2) is 122 Å². The van der Waals surface area contributed by atoms with Gasteiger partial charge in [0.25, 0.3) is 0 Å². The van der Waals surface area contributed by atoms with Crippen molar-refractivity contribution in [3.63, 3.8) is 0 Å². The van der Waals surface area contributed by atoms with E-state index in [1.54, 1.807) is 0 Å². The molecular formula is C42H32BClN6O2. The Morgan fingerprint density at radius 2 is 0.962 bits per heavy atom. The van der Waals surface area contributed by atoms with Gasteiger partial charge in [-0.25, -0.2) is 15.0 Å². The molecule has 10 aromatic rings. The number of pyridine rings is 4. The number of hydrogen-bond donors (Lipinski definition) is 0. The van der Waals surface area contributed by atoms with Crippen LogP contribution in [0.4, 0.5) is 0 Å². The Labute approximate surface area is 303 Å². The predicted molar refractivity (Wildman–Crippen MR) is 212 cm³/mol. The Hall–Kier alpha value is -5.61. The lowest BCUT2D eigenvalue weighted by atomic mass is 9.83. The van der Waals surface area contributed by atoms with Gasteiger partial charge in [-0.3, -0.25) is 13.8 Å². The zero-order valence-electron chi connectivity index (χ0n) is 29.0. The molecule has 52 heavy (non-hydrogen) atoms. The van der Waals surface area contributed by atoms with Gasteiger partial charge in [0.2, 0.25) is 0 Å². The van der Waals surface area contributed by atoms with Gasteiger partial charge in [-0.2, -0.15) is 0 Å². The van der Waals surface area contributed by atoms with Crippen molar-refractivity contribution in [2.24, 2.45) is 0 Å². The van der Waals surface area contributed by atoms with E-state index >= 15 is 0 Å². The molecule has 0 unspecified atom stereocenters. The van der Waals surface area contributed by atoms with Gasteiger partial charge in [-0.05, 0) is 76.2 Å². The zero-order valence-corrected chi connectivity index (χ0v) is 29.8. The summed E-state index contributed by atoms with van der Waals surface area (Å²) in [6.45, 7) is 8.23. The normalized spacial score (nSPS) is 15.5. The van der Waals surface area contributed by atoms with Gasteiger partial charge in [-0.15, -0.1) is 0 Å². The fraction of sp³-hybridized carbons (Fsp3) is 0.143. The predicted octanol–water partition coefficient (Wildman–Crippen LogP) is 9.33. The number of fused-ring (bicyclic) bond motifs is 16. The van der Waals surface area contributed by atoms with Crippen molar-refractivity contribution in [1.82, 2.24) is 28.7 Å². The van der Waals surface area contributed by atoms with E-state index < -0.39 is 18.3 Å². The van der Waals surface area contributed by atoms with Crippen LogP contribution in [0.5, 0.6) is 0 Å². The summed E-state index contributed by atoms with van der Waals surface area (Å²) in [6, 6.07) is 37.1. The fourth-order valence-corrected chi connectivity index (χ4v) is 7.65. The first-order chi connectivity index (χ1) is 25.2. The molecule has 7 heterocycles. The number of nitrogens with zero attached hydrogens (tertiary/aromatic N) is 6. The molecule has 0 spiro atoms. The highest BCUT2D eigenvalue weighted by molar-refractivity contribution is 6.61. The summed E-state index contributed by atoms with van der Waals surface area (Å²) in [6.07, 6.45) is 3.76. The molecule has 0 saturated carbocycles. The third-order valence-electron chi connectivity index (χ3n) is 10.8. The van der Waals surface area contributed by atoms with Gasteiger partial charge in [0.15, 0.2) is 0 Å². The Morgan fingerprint density at radius 1 is 0.519 bits per heavy atom. The molecule has 1 fully saturated rings. The first-order valence-electron chi connectivity index (χ1n) is 17.3. The van der Waals surface area contributed by atoms with Crippen LogP contribution < -0.4 is 5.59 Å². The zero-order chi connectivity index (χ0) is 35.4. The molecule has 10 heteroatoms. The Kier molecular flexibility index (Phi) is 6.71. The van der Waals surface area contributed by atoms with Crippen LogP contribution >= 0.6 is 11.6 Å². The van der Waals surface area contributed by atoms with Crippen LogP contribution in [-0.2, 0) is 9.31 Å². The molecule has 8 nitrogen and oxygen atoms in total. The average Bonchev–Trinajstić information content (AvgIpc) is 3.81. The summed E-state index contributed by atoms with van der Waals surface area (Å²) in [4.78, 5) is 18.8. The summed E-state index contributed by atoms with van der Waals surface area (Å²) in [5.41, 5.74) is 8.20. The molecule has 0 radical (unpaired) electrons. The highest BCUT2D eigenvalue weighted by atomic mass is 35.5. The van der Waals surface area contributed by atoms with Crippen molar-refractivity contribution >= 4 is 101 Å². The van der Waals surface area contributed by atoms with Crippen molar-refractivity contribution in [2.75, 3.05) is 0 Å². The number of rotatable bonds is 1. The SMILES string of the molecule is CC1(C)OB(c2cc3c(cn2)c2ccccc2n2c4ccccc4nc32)OC1(C)C.Clc1cc2c(cn1)c1ccccc1n1c3ccccc3nc21. The number of halogens is 1. The van der Waals surface area contributed by atoms with Crippen molar-refractivity contribution in [3.8, 4) is 0 Å². The molecule has 0 N–H and O–H groups in total. The third-order valence-corrected chi connectivity index (χ3v) is 11.0. The second-order valence-electron chi connectivity index (χ2n) is 14.3. The lowest BCUT2D eigenvalue weighted by molar-refractivity contribution is 0.00578. The minimum absolute atomic E-state index is 0.408. The van der Waals surface area contributed by atoms with E-state index in [-0.39, 0.29) is 0 Å². The number of imidazole rings is 2. The van der Waals surface area contributed by atoms with Gasteiger partial charge in [0.05, 0.1) is 49.9 Å². The molecule has 0 atom stereocenters. The smallest absolute Gasteiger partial charge is 0.398 e. The Bertz CT molecular complexity index is 3060. The molecule has 1 saturated heterocycles. The molecule has 11 rings (SSSR count). The minimum atomic E-state index is -0.504. The number of aromatic nitrogens is 6. The third kappa shape index (κ3) is 4.56. The van der Waals surface area contributed by atoms with E-state index in [1.165, 1.54) is 0 Å². The molecule has 0 aliphatic carbocycles. The van der Waals surface area contributed by atoms with Gasteiger partial charge in [0, 0.05) is 44.7 Å². The van der Waals surface area contributed by atoms with Crippen LogP contribution in [0.25, 0.3) is 76.7 Å². The maximum atomic E-state index is 6.25. The van der Waals surface area contributed by atoms with Crippen LogP contribution in [0, 0.1) is 0 Å². The number of benzene rings is 4. The molecule has 0 amide bonds. The van der Waals surface area contributed by atoms with Crippen LogP contribution in [0.1, 0.15) is 27.7 Å². The largest absolute Gasteiger partial charge is 0.514 e. The molecule has 1 aliphatic heterocycles. The molecule has 4 aromatic carbocycles. The van der Waals surface area contributed by atoms with E-state index in [9.17, 15) is 0 Å². The van der Waals surface area contributed by atoms with Gasteiger partial charge < -0.3 is 9.31 Å². The average molecular weight is 699 g/mol. The van der Waals surface area contributed by atoms with E-state index in [2.05, 4.69) is 108 Å². The Balaban J connectivity index is 0.000000136. The Morgan fingerprint density at radius 3 is 1.50 bits per heavy atom. The standard InChI is InChI=1S/C24H22BN3O2.C18H10ClN3/c1-23(2)24(3,4)30-25(29-23)21-13-16-17(14-26-21)15-9-5-7-11-19(15)28-20-12-8-6-10-18(20)27-22(16)28;19-17-9-12-13(10-20-17)11-5-1-3-7-15(11)22-16-8-4-2-6-14(16)21-18(12)22/h5-14H,1-4H3;1-10H. The van der Waals surface area contributed by atoms with Crippen LogP contribution in [0.2, 0.25) is 5.15 Å². The maximum Gasteiger partial charge on any atom is 0.514 e. The van der Waals surface area contributed by atoms with Crippen molar-refractivity contribution in [3.05, 3.63) is 127 Å². The summed E-state index contributed by atoms with van der Waals surface area (Å²) < 4.78 is 16.9. The molecule has 0 bridgehead atoms. The lowest BCUT2D eigenvalue weighted by Gasteiger charge is -2.32. The lowest BCUT2D eigenvalue weighted by Crippen LogP contribution is -2.41. The van der Waals surface area contributed by atoms with Gasteiger partial charge in [-0.1, -0.05) is 72.3 Å². The van der Waals surface area contributed by atoms with Gasteiger partial charge in [0.1, 0.15) is 16.4 Å². The second-order valence-corrected chi connectivity index (χ2v) is 14.7. The van der Waals surface area contributed by atoms with E-state index in [1.807, 2.05) is 54.9 Å². The van der Waals surface area contributed by atoms with E-state index in [0.717, 1.165) is 82.3 Å². The number of para-hydroxylation sites is 6. The monoisotopic (exact) mass is 698 g/mol. The van der Waals surface area contributed by atoms with Crippen molar-refractivity contribution in [2.45, 2.75) is 38.9 Å². The first kappa shape index (κ1) is 31.2. The molecule has 252 valence electrons. The topological polar surface area (TPSA) is 78.8 Å².